The molecular weight excluding hydrogens is 236 g/mol. The number of thioether (sulfide) groups is 1. The summed E-state index contributed by atoms with van der Waals surface area (Å²) in [7, 11) is 1.70. The molecule has 5 heteroatoms. The third-order valence-corrected chi connectivity index (χ3v) is 3.41. The van der Waals surface area contributed by atoms with Gasteiger partial charge in [-0.3, -0.25) is 4.79 Å². The van der Waals surface area contributed by atoms with Crippen molar-refractivity contribution in [3.63, 3.8) is 0 Å². The molecule has 4 N–H and O–H groups in total. The zero-order valence-electron chi connectivity index (χ0n) is 9.89. The molecule has 0 heterocycles. The van der Waals surface area contributed by atoms with Gasteiger partial charge in [-0.1, -0.05) is 12.1 Å². The second-order valence-corrected chi connectivity index (χ2v) is 4.81. The minimum absolute atomic E-state index is 0.509. The first-order valence-electron chi connectivity index (χ1n) is 5.41. The molecule has 1 aromatic carbocycles. The van der Waals surface area contributed by atoms with E-state index in [-0.39, 0.29) is 0 Å². The molecule has 94 valence electrons. The van der Waals surface area contributed by atoms with Crippen LogP contribution in [0.15, 0.2) is 29.2 Å². The summed E-state index contributed by atoms with van der Waals surface area (Å²) in [6, 6.07) is 6.87. The fraction of sp³-hybridized carbons (Fsp3) is 0.417. The molecule has 0 radical (unpaired) electrons. The van der Waals surface area contributed by atoms with Crippen LogP contribution in [0.5, 0.6) is 0 Å². The number of hydrogen-bond donors (Lipinski definition) is 2. The van der Waals surface area contributed by atoms with E-state index in [1.165, 1.54) is 0 Å². The van der Waals surface area contributed by atoms with Gasteiger partial charge in [0.2, 0.25) is 5.91 Å². The molecule has 0 aliphatic carbocycles. The lowest BCUT2D eigenvalue weighted by atomic mass is 10.1. The first-order chi connectivity index (χ1) is 8.15. The summed E-state index contributed by atoms with van der Waals surface area (Å²) in [6.45, 7) is 0.775. The maximum absolute atomic E-state index is 10.9. The van der Waals surface area contributed by atoms with Gasteiger partial charge in [-0.05, 0) is 24.1 Å². The lowest BCUT2D eigenvalue weighted by molar-refractivity contribution is -0.119. The molecule has 17 heavy (non-hydrogen) atoms. The quantitative estimate of drug-likeness (QED) is 0.568. The highest BCUT2D eigenvalue weighted by Gasteiger charge is 2.11. The highest BCUT2D eigenvalue weighted by atomic mass is 32.2. The first kappa shape index (κ1) is 14.0. The van der Waals surface area contributed by atoms with Gasteiger partial charge in [-0.15, -0.1) is 11.8 Å². The van der Waals surface area contributed by atoms with Crippen LogP contribution in [0.25, 0.3) is 0 Å². The molecule has 1 aromatic rings. The van der Waals surface area contributed by atoms with Gasteiger partial charge in [0, 0.05) is 24.4 Å². The van der Waals surface area contributed by atoms with E-state index < -0.39 is 11.9 Å². The largest absolute Gasteiger partial charge is 0.385 e. The second kappa shape index (κ2) is 7.32. The van der Waals surface area contributed by atoms with Gasteiger partial charge in [-0.2, -0.15) is 0 Å². The Bertz CT molecular complexity index is 354. The van der Waals surface area contributed by atoms with Crippen LogP contribution in [-0.2, 0) is 9.53 Å². The summed E-state index contributed by atoms with van der Waals surface area (Å²) in [4.78, 5) is 12.1. The number of methoxy groups -OCH3 is 1. The van der Waals surface area contributed by atoms with Crippen molar-refractivity contribution in [3.05, 3.63) is 29.8 Å². The predicted molar refractivity (Wildman–Crippen MR) is 69.8 cm³/mol. The molecule has 1 unspecified atom stereocenters. The molecule has 0 bridgehead atoms. The Balaban J connectivity index is 2.47. The predicted octanol–water partition coefficient (Wildman–Crippen LogP) is 1.30. The van der Waals surface area contributed by atoms with Gasteiger partial charge < -0.3 is 16.2 Å². The molecule has 0 aliphatic rings. The van der Waals surface area contributed by atoms with Gasteiger partial charge in [-0.25, -0.2) is 0 Å². The van der Waals surface area contributed by atoms with Crippen molar-refractivity contribution < 1.29 is 9.53 Å². The van der Waals surface area contributed by atoms with E-state index in [9.17, 15) is 4.79 Å². The lowest BCUT2D eigenvalue weighted by Crippen LogP contribution is -2.28. The van der Waals surface area contributed by atoms with Crippen LogP contribution < -0.4 is 11.5 Å². The number of carbonyl (C=O) groups excluding carboxylic acids is 1. The van der Waals surface area contributed by atoms with Crippen molar-refractivity contribution >= 4 is 17.7 Å². The number of ether oxygens (including phenoxy) is 1. The third-order valence-electron chi connectivity index (χ3n) is 2.31. The van der Waals surface area contributed by atoms with Crippen molar-refractivity contribution in [2.24, 2.45) is 11.5 Å². The van der Waals surface area contributed by atoms with Crippen LogP contribution in [0, 0.1) is 0 Å². The second-order valence-electron chi connectivity index (χ2n) is 3.64. The van der Waals surface area contributed by atoms with Gasteiger partial charge in [0.15, 0.2) is 0 Å². The molecular formula is C12H18N2O2S. The molecule has 0 fully saturated rings. The number of nitrogens with two attached hydrogens (primary N) is 2. The molecule has 1 rings (SSSR count). The van der Waals surface area contributed by atoms with E-state index in [0.717, 1.165) is 29.2 Å². The molecule has 0 aliphatic heterocycles. The van der Waals surface area contributed by atoms with E-state index in [1.807, 2.05) is 24.3 Å². The number of carbonyl (C=O) groups is 1. The number of primary amides is 1. The Hall–Kier alpha value is -1.04. The van der Waals surface area contributed by atoms with Gasteiger partial charge in [0.1, 0.15) is 6.04 Å². The summed E-state index contributed by atoms with van der Waals surface area (Å²) in [6.07, 6.45) is 1.02. The first-order valence-corrected chi connectivity index (χ1v) is 6.40. The summed E-state index contributed by atoms with van der Waals surface area (Å²) in [5, 5.41) is 0. The normalized spacial score (nSPS) is 12.4. The van der Waals surface area contributed by atoms with Crippen molar-refractivity contribution in [3.8, 4) is 0 Å². The maximum atomic E-state index is 10.9. The molecule has 4 nitrogen and oxygen atoms in total. The van der Waals surface area contributed by atoms with Crippen LogP contribution in [0.3, 0.4) is 0 Å². The monoisotopic (exact) mass is 254 g/mol. The zero-order valence-corrected chi connectivity index (χ0v) is 10.7. The highest BCUT2D eigenvalue weighted by Crippen LogP contribution is 2.21. The van der Waals surface area contributed by atoms with E-state index >= 15 is 0 Å². The Labute approximate surface area is 106 Å². The zero-order chi connectivity index (χ0) is 12.7. The van der Waals surface area contributed by atoms with E-state index in [2.05, 4.69) is 0 Å². The summed E-state index contributed by atoms with van der Waals surface area (Å²) >= 11 is 1.75. The summed E-state index contributed by atoms with van der Waals surface area (Å²) in [5.74, 6) is 0.500. The van der Waals surface area contributed by atoms with Crippen LogP contribution >= 0.6 is 11.8 Å². The van der Waals surface area contributed by atoms with Gasteiger partial charge in [0.05, 0.1) is 0 Å². The highest BCUT2D eigenvalue weighted by molar-refractivity contribution is 7.99. The average Bonchev–Trinajstić information content (AvgIpc) is 2.34. The minimum atomic E-state index is -0.720. The van der Waals surface area contributed by atoms with Crippen molar-refractivity contribution in [1.29, 1.82) is 0 Å². The van der Waals surface area contributed by atoms with Crippen molar-refractivity contribution in [1.82, 2.24) is 0 Å². The Kier molecular flexibility index (Phi) is 6.04. The molecule has 0 saturated carbocycles. The SMILES string of the molecule is COCCCSc1ccc(C(N)C(N)=O)cc1. The van der Waals surface area contributed by atoms with Crippen LogP contribution in [0.1, 0.15) is 18.0 Å². The number of hydrogen-bond acceptors (Lipinski definition) is 4. The summed E-state index contributed by atoms with van der Waals surface area (Å²) in [5.41, 5.74) is 11.5. The van der Waals surface area contributed by atoms with E-state index in [4.69, 9.17) is 16.2 Å². The van der Waals surface area contributed by atoms with Gasteiger partial charge in [0.25, 0.3) is 0 Å². The van der Waals surface area contributed by atoms with Crippen LogP contribution in [0.4, 0.5) is 0 Å². The number of rotatable bonds is 7. The van der Waals surface area contributed by atoms with E-state index in [0.29, 0.717) is 0 Å². The smallest absolute Gasteiger partial charge is 0.238 e. The Morgan fingerprint density at radius 2 is 2.06 bits per heavy atom. The third kappa shape index (κ3) is 4.77. The number of amides is 1. The molecule has 0 saturated heterocycles. The summed E-state index contributed by atoms with van der Waals surface area (Å²) < 4.78 is 4.98. The molecule has 1 amide bonds. The maximum Gasteiger partial charge on any atom is 0.238 e. The molecule has 0 aromatic heterocycles. The van der Waals surface area contributed by atoms with Crippen LogP contribution in [-0.4, -0.2) is 25.4 Å². The lowest BCUT2D eigenvalue weighted by Gasteiger charge is -2.08. The fourth-order valence-corrected chi connectivity index (χ4v) is 2.16. The van der Waals surface area contributed by atoms with Crippen molar-refractivity contribution in [2.45, 2.75) is 17.4 Å². The molecule has 1 atom stereocenters. The topological polar surface area (TPSA) is 78.3 Å². The minimum Gasteiger partial charge on any atom is -0.385 e. The van der Waals surface area contributed by atoms with E-state index in [1.54, 1.807) is 18.9 Å². The molecule has 0 spiro atoms. The Morgan fingerprint density at radius 1 is 1.41 bits per heavy atom. The van der Waals surface area contributed by atoms with Gasteiger partial charge >= 0.3 is 0 Å². The van der Waals surface area contributed by atoms with Crippen molar-refractivity contribution in [2.75, 3.05) is 19.5 Å². The van der Waals surface area contributed by atoms with Crippen LogP contribution in [0.2, 0.25) is 0 Å². The fourth-order valence-electron chi connectivity index (χ4n) is 1.33. The average molecular weight is 254 g/mol. The standard InChI is InChI=1S/C12H18N2O2S/c1-16-7-2-8-17-10-5-3-9(4-6-10)11(13)12(14)15/h3-6,11H,2,7-8,13H2,1H3,(H2,14,15). The number of benzene rings is 1. The Morgan fingerprint density at radius 3 is 2.59 bits per heavy atom.